The molecule has 158 valence electrons. The first-order chi connectivity index (χ1) is 14.2. The number of halogens is 5. The molecule has 0 aliphatic carbocycles. The van der Waals surface area contributed by atoms with Crippen molar-refractivity contribution in [2.75, 3.05) is 13.1 Å². The molecule has 0 saturated carbocycles. The molecule has 2 heterocycles. The van der Waals surface area contributed by atoms with Crippen LogP contribution in [-0.4, -0.2) is 23.4 Å². The summed E-state index contributed by atoms with van der Waals surface area (Å²) in [6.07, 6.45) is 0.227. The van der Waals surface area contributed by atoms with Gasteiger partial charge in [0.05, 0.1) is 21.0 Å². The first-order valence-corrected chi connectivity index (χ1v) is 10.4. The Kier molecular flexibility index (Phi) is 5.69. The fourth-order valence-electron chi connectivity index (χ4n) is 3.83. The quantitative estimate of drug-likeness (QED) is 0.501. The molecule has 4 nitrogen and oxygen atoms in total. The maximum absolute atomic E-state index is 14.8. The van der Waals surface area contributed by atoms with Gasteiger partial charge in [0.15, 0.2) is 17.4 Å². The number of aryl methyl sites for hydroxylation is 1. The first-order valence-electron chi connectivity index (χ1n) is 9.22. The van der Waals surface area contributed by atoms with Crippen molar-refractivity contribution in [2.45, 2.75) is 24.9 Å². The minimum atomic E-state index is -1.55. The van der Waals surface area contributed by atoms with E-state index in [9.17, 15) is 18.3 Å². The van der Waals surface area contributed by atoms with Crippen LogP contribution in [0.3, 0.4) is 0 Å². The maximum Gasteiger partial charge on any atom is 0.159 e. The van der Waals surface area contributed by atoms with Crippen molar-refractivity contribution >= 4 is 27.5 Å². The van der Waals surface area contributed by atoms with Crippen molar-refractivity contribution in [3.63, 3.8) is 0 Å². The van der Waals surface area contributed by atoms with Crippen LogP contribution in [-0.2, 0) is 5.60 Å². The van der Waals surface area contributed by atoms with E-state index in [1.165, 1.54) is 6.07 Å². The van der Waals surface area contributed by atoms with Gasteiger partial charge in [0.2, 0.25) is 0 Å². The highest BCUT2D eigenvalue weighted by Gasteiger charge is 2.45. The van der Waals surface area contributed by atoms with Crippen molar-refractivity contribution < 1.29 is 22.8 Å². The summed E-state index contributed by atoms with van der Waals surface area (Å²) in [5.41, 5.74) is -0.692. The smallest absolute Gasteiger partial charge is 0.159 e. The molecule has 1 fully saturated rings. The average Bonchev–Trinajstić information content (AvgIpc) is 3.08. The third kappa shape index (κ3) is 3.45. The van der Waals surface area contributed by atoms with Gasteiger partial charge in [-0.1, -0.05) is 28.9 Å². The van der Waals surface area contributed by atoms with Crippen LogP contribution >= 0.6 is 27.5 Å². The average molecular weight is 502 g/mol. The molecule has 0 radical (unpaired) electrons. The number of hydrogen-bond donors (Lipinski definition) is 2. The lowest BCUT2D eigenvalue weighted by Crippen LogP contribution is -2.46. The summed E-state index contributed by atoms with van der Waals surface area (Å²) in [5.74, 6) is -3.02. The SMILES string of the molecule is Cc1ccc(Cl)c(-c2noc([C@H]3CNCC[C@]3(O)c3ccc(F)c(F)c3)c2Br)c1F. The van der Waals surface area contributed by atoms with Gasteiger partial charge in [0.25, 0.3) is 0 Å². The van der Waals surface area contributed by atoms with E-state index in [1.807, 2.05) is 0 Å². The second kappa shape index (κ2) is 8.00. The van der Waals surface area contributed by atoms with Crippen molar-refractivity contribution in [1.29, 1.82) is 0 Å². The Morgan fingerprint density at radius 3 is 2.73 bits per heavy atom. The van der Waals surface area contributed by atoms with E-state index in [0.29, 0.717) is 16.6 Å². The molecule has 2 aromatic carbocycles. The molecule has 0 amide bonds. The summed E-state index contributed by atoms with van der Waals surface area (Å²) in [4.78, 5) is 0. The highest BCUT2D eigenvalue weighted by molar-refractivity contribution is 9.10. The summed E-state index contributed by atoms with van der Waals surface area (Å²) in [7, 11) is 0. The van der Waals surface area contributed by atoms with Gasteiger partial charge < -0.3 is 14.9 Å². The molecular formula is C21H17BrClF3N2O2. The standard InChI is InChI=1S/C21H17BrClF3N2O2/c1-10-2-4-13(23)16(18(10)26)19-17(22)20(30-28-19)12-9-27-7-6-21(12,29)11-3-5-14(24)15(25)8-11/h2-5,8,12,27,29H,6-7,9H2,1H3/t12-,21+/m1/s1. The Labute approximate surface area is 184 Å². The minimum Gasteiger partial charge on any atom is -0.384 e. The number of aliphatic hydroxyl groups is 1. The van der Waals surface area contributed by atoms with Gasteiger partial charge >= 0.3 is 0 Å². The molecule has 4 rings (SSSR count). The number of hydrogen-bond acceptors (Lipinski definition) is 4. The normalized spacial score (nSPS) is 21.8. The molecule has 0 spiro atoms. The lowest BCUT2D eigenvalue weighted by Gasteiger charge is -2.39. The van der Waals surface area contributed by atoms with Gasteiger partial charge in [-0.15, -0.1) is 0 Å². The van der Waals surface area contributed by atoms with E-state index in [-0.39, 0.29) is 40.6 Å². The topological polar surface area (TPSA) is 58.3 Å². The lowest BCUT2D eigenvalue weighted by atomic mass is 9.75. The van der Waals surface area contributed by atoms with Crippen LogP contribution in [0.25, 0.3) is 11.3 Å². The molecule has 1 aromatic heterocycles. The third-order valence-electron chi connectivity index (χ3n) is 5.52. The van der Waals surface area contributed by atoms with E-state index in [0.717, 1.165) is 12.1 Å². The van der Waals surface area contributed by atoms with Crippen molar-refractivity contribution in [3.8, 4) is 11.3 Å². The van der Waals surface area contributed by atoms with E-state index in [2.05, 4.69) is 26.4 Å². The Bertz CT molecular complexity index is 1120. The summed E-state index contributed by atoms with van der Waals surface area (Å²) in [5, 5.41) is 18.8. The van der Waals surface area contributed by atoms with Crippen molar-refractivity contribution in [1.82, 2.24) is 10.5 Å². The molecule has 2 N–H and O–H groups in total. The number of nitrogens with one attached hydrogen (secondary N) is 1. The molecular weight excluding hydrogens is 485 g/mol. The fraction of sp³-hybridized carbons (Fsp3) is 0.286. The van der Waals surface area contributed by atoms with Crippen LogP contribution in [0.4, 0.5) is 13.2 Å². The molecule has 1 aliphatic rings. The van der Waals surface area contributed by atoms with Crippen LogP contribution in [0.5, 0.6) is 0 Å². The number of piperidine rings is 1. The summed E-state index contributed by atoms with van der Waals surface area (Å²) < 4.78 is 47.9. The Morgan fingerprint density at radius 1 is 1.23 bits per heavy atom. The number of benzene rings is 2. The zero-order chi connectivity index (χ0) is 21.6. The largest absolute Gasteiger partial charge is 0.384 e. The summed E-state index contributed by atoms with van der Waals surface area (Å²) in [6, 6.07) is 6.43. The minimum absolute atomic E-state index is 0.0821. The second-order valence-electron chi connectivity index (χ2n) is 7.32. The zero-order valence-electron chi connectivity index (χ0n) is 15.8. The molecule has 9 heteroatoms. The van der Waals surface area contributed by atoms with Crippen molar-refractivity contribution in [3.05, 3.63) is 74.2 Å². The van der Waals surface area contributed by atoms with E-state index >= 15 is 0 Å². The van der Waals surface area contributed by atoms with Gasteiger partial charge in [-0.3, -0.25) is 0 Å². The summed E-state index contributed by atoms with van der Waals surface area (Å²) in [6.45, 7) is 2.35. The summed E-state index contributed by atoms with van der Waals surface area (Å²) >= 11 is 9.62. The van der Waals surface area contributed by atoms with Crippen LogP contribution in [0.2, 0.25) is 5.02 Å². The van der Waals surface area contributed by atoms with Gasteiger partial charge in [-0.05, 0) is 65.1 Å². The molecule has 0 bridgehead atoms. The molecule has 30 heavy (non-hydrogen) atoms. The third-order valence-corrected chi connectivity index (χ3v) is 6.61. The lowest BCUT2D eigenvalue weighted by molar-refractivity contribution is -0.0236. The van der Waals surface area contributed by atoms with E-state index in [1.54, 1.807) is 19.1 Å². The highest BCUT2D eigenvalue weighted by atomic mass is 79.9. The Hall–Kier alpha value is -1.87. The fourth-order valence-corrected chi connectivity index (χ4v) is 4.68. The highest BCUT2D eigenvalue weighted by Crippen LogP contribution is 2.47. The Morgan fingerprint density at radius 2 is 2.00 bits per heavy atom. The zero-order valence-corrected chi connectivity index (χ0v) is 18.1. The molecule has 0 unspecified atom stereocenters. The number of aromatic nitrogens is 1. The van der Waals surface area contributed by atoms with Crippen molar-refractivity contribution in [2.24, 2.45) is 0 Å². The van der Waals surface area contributed by atoms with E-state index < -0.39 is 29.0 Å². The second-order valence-corrected chi connectivity index (χ2v) is 8.52. The monoisotopic (exact) mass is 500 g/mol. The molecule has 3 aromatic rings. The van der Waals surface area contributed by atoms with Gasteiger partial charge in [0, 0.05) is 6.54 Å². The first kappa shape index (κ1) is 21.4. The Balaban J connectivity index is 1.82. The number of nitrogens with zero attached hydrogens (tertiary/aromatic N) is 1. The predicted molar refractivity (Wildman–Crippen MR) is 110 cm³/mol. The van der Waals surface area contributed by atoms with Gasteiger partial charge in [-0.2, -0.15) is 0 Å². The van der Waals surface area contributed by atoms with Crippen LogP contribution in [0.15, 0.2) is 39.3 Å². The predicted octanol–water partition coefficient (Wildman–Crippen LogP) is 5.45. The molecule has 1 aliphatic heterocycles. The van der Waals surface area contributed by atoms with Gasteiger partial charge in [-0.25, -0.2) is 13.2 Å². The molecule has 2 atom stereocenters. The molecule has 1 saturated heterocycles. The number of rotatable bonds is 3. The van der Waals surface area contributed by atoms with Crippen LogP contribution in [0, 0.1) is 24.4 Å². The van der Waals surface area contributed by atoms with Crippen LogP contribution < -0.4 is 5.32 Å². The van der Waals surface area contributed by atoms with Gasteiger partial charge in [0.1, 0.15) is 17.1 Å². The van der Waals surface area contributed by atoms with E-state index in [4.69, 9.17) is 16.1 Å². The maximum atomic E-state index is 14.8. The van der Waals surface area contributed by atoms with Crippen LogP contribution in [0.1, 0.15) is 29.2 Å².